The van der Waals surface area contributed by atoms with Crippen LogP contribution in [-0.2, 0) is 38.4 Å². The van der Waals surface area contributed by atoms with E-state index in [0.29, 0.717) is 18.7 Å². The van der Waals surface area contributed by atoms with Gasteiger partial charge in [0, 0.05) is 29.8 Å². The van der Waals surface area contributed by atoms with Crippen molar-refractivity contribution in [2.45, 2.75) is 91.6 Å². The maximum atomic E-state index is 14.0. The number of nitrogens with one attached hydrogen (secondary N) is 1. The largest absolute Gasteiger partial charge is 0.428 e. The van der Waals surface area contributed by atoms with E-state index >= 15 is 0 Å². The summed E-state index contributed by atoms with van der Waals surface area (Å²) >= 11 is 0. The smallest absolute Gasteiger partial charge is 0.314 e. The number of fused-ring (bicyclic) bond motifs is 1. The third kappa shape index (κ3) is 7.41. The number of carbonyl (C=O) groups excluding carboxylic acids is 2. The highest BCUT2D eigenvalue weighted by Crippen LogP contribution is 2.31. The highest BCUT2D eigenvalue weighted by atomic mass is 16.7. The van der Waals surface area contributed by atoms with E-state index in [0.717, 1.165) is 72.2 Å². The quantitative estimate of drug-likeness (QED) is 0.123. The van der Waals surface area contributed by atoms with Gasteiger partial charge in [0.1, 0.15) is 0 Å². The van der Waals surface area contributed by atoms with Crippen LogP contribution >= 0.6 is 0 Å². The van der Waals surface area contributed by atoms with E-state index in [1.807, 2.05) is 24.3 Å². The van der Waals surface area contributed by atoms with Crippen LogP contribution in [0.15, 0.2) is 53.3 Å². The Labute approximate surface area is 262 Å². The van der Waals surface area contributed by atoms with Crippen molar-refractivity contribution in [3.05, 3.63) is 75.7 Å². The van der Waals surface area contributed by atoms with Crippen LogP contribution in [-0.4, -0.2) is 48.7 Å². The van der Waals surface area contributed by atoms with E-state index in [9.17, 15) is 14.4 Å². The molecule has 0 saturated heterocycles. The number of ether oxygens (including phenoxy) is 2. The summed E-state index contributed by atoms with van der Waals surface area (Å²) in [7, 11) is 0. The van der Waals surface area contributed by atoms with E-state index in [1.54, 1.807) is 25.5 Å². The molecule has 0 radical (unpaired) electrons. The summed E-state index contributed by atoms with van der Waals surface area (Å²) < 4.78 is 14.2. The number of carbonyl (C=O) groups is 2. The molecule has 3 heterocycles. The van der Waals surface area contributed by atoms with Gasteiger partial charge in [-0.05, 0) is 68.4 Å². The molecule has 45 heavy (non-hydrogen) atoms. The molecule has 2 aromatic heterocycles. The summed E-state index contributed by atoms with van der Waals surface area (Å²) in [4.78, 5) is 38.8. The van der Waals surface area contributed by atoms with Crippen LogP contribution in [0.25, 0.3) is 22.5 Å². The average molecular weight is 615 g/mol. The Morgan fingerprint density at radius 2 is 1.78 bits per heavy atom. The molecule has 11 nitrogen and oxygen atoms in total. The monoisotopic (exact) mass is 614 g/mol. The minimum absolute atomic E-state index is 0.0410. The molecule has 0 bridgehead atoms. The average Bonchev–Trinajstić information content (AvgIpc) is 3.65. The topological polar surface area (TPSA) is 134 Å². The van der Waals surface area contributed by atoms with Gasteiger partial charge in [-0.15, -0.1) is 10.2 Å². The summed E-state index contributed by atoms with van der Waals surface area (Å²) in [6.07, 6.45) is 6.06. The van der Waals surface area contributed by atoms with Crippen molar-refractivity contribution >= 4 is 11.9 Å². The lowest BCUT2D eigenvalue weighted by Gasteiger charge is -2.27. The van der Waals surface area contributed by atoms with Crippen molar-refractivity contribution in [2.75, 3.05) is 6.79 Å². The molecule has 5 rings (SSSR count). The predicted octanol–water partition coefficient (Wildman–Crippen LogP) is 5.64. The molecule has 1 N–H and O–H groups in total. The molecule has 4 aromatic rings. The fourth-order valence-electron chi connectivity index (χ4n) is 5.88. The number of hydrogen-bond donors (Lipinski definition) is 1. The Hall–Kier alpha value is -4.54. The zero-order valence-corrected chi connectivity index (χ0v) is 26.5. The van der Waals surface area contributed by atoms with Crippen LogP contribution in [0, 0.1) is 5.41 Å². The second kappa shape index (κ2) is 14.0. The molecule has 1 atom stereocenters. The number of aromatic amines is 1. The molecule has 1 aliphatic rings. The molecule has 1 unspecified atom stereocenters. The highest BCUT2D eigenvalue weighted by molar-refractivity contribution is 5.80. The van der Waals surface area contributed by atoms with E-state index in [2.05, 4.69) is 56.5 Å². The minimum Gasteiger partial charge on any atom is -0.428 e. The zero-order valence-electron chi connectivity index (χ0n) is 26.5. The summed E-state index contributed by atoms with van der Waals surface area (Å²) in [5, 5.41) is 14.5. The maximum absolute atomic E-state index is 14.0. The van der Waals surface area contributed by atoms with Crippen molar-refractivity contribution in [2.24, 2.45) is 5.41 Å². The fraction of sp³-hybridized carbons (Fsp3) is 0.471. The first-order valence-electron chi connectivity index (χ1n) is 15.8. The van der Waals surface area contributed by atoms with E-state index in [-0.39, 0.29) is 18.0 Å². The summed E-state index contributed by atoms with van der Waals surface area (Å²) in [6, 6.07) is 15.8. The predicted molar refractivity (Wildman–Crippen MR) is 169 cm³/mol. The number of H-pyrrole nitrogens is 1. The van der Waals surface area contributed by atoms with Crippen molar-refractivity contribution < 1.29 is 19.1 Å². The molecular formula is C34H42N6O5. The van der Waals surface area contributed by atoms with Gasteiger partial charge in [0.2, 0.25) is 12.6 Å². The van der Waals surface area contributed by atoms with Gasteiger partial charge in [0.05, 0.1) is 17.9 Å². The molecule has 2 aromatic carbocycles. The molecular weight excluding hydrogens is 572 g/mol. The van der Waals surface area contributed by atoms with Gasteiger partial charge in [0.15, 0.2) is 0 Å². The number of unbranched alkanes of at least 4 members (excludes halogenated alkanes) is 2. The highest BCUT2D eigenvalue weighted by Gasteiger charge is 2.30. The Balaban J connectivity index is 1.37. The standard InChI is InChI=1S/C34H42N6O5/c1-5-6-7-14-29-28(20-23-15-17-24(18-16-23)26-12-8-9-13-27(26)31-35-37-38-36-31)32(42)40-25(11-10-19-39(29)40)21-30(41)44-22-45-33(43)34(2,3)4/h8-9,12-13,15-18,25H,5-7,10-11,14,19-22H2,1-4H3,(H,35,36,37,38). The van der Waals surface area contributed by atoms with Crippen LogP contribution in [0.5, 0.6) is 0 Å². The number of aromatic nitrogens is 6. The van der Waals surface area contributed by atoms with E-state index < -0.39 is 24.1 Å². The van der Waals surface area contributed by atoms with Crippen LogP contribution in [0.2, 0.25) is 0 Å². The molecule has 0 fully saturated rings. The van der Waals surface area contributed by atoms with Gasteiger partial charge in [-0.1, -0.05) is 68.3 Å². The van der Waals surface area contributed by atoms with Crippen molar-refractivity contribution in [3.63, 3.8) is 0 Å². The number of esters is 2. The van der Waals surface area contributed by atoms with Crippen molar-refractivity contribution in [3.8, 4) is 22.5 Å². The van der Waals surface area contributed by atoms with E-state index in [4.69, 9.17) is 9.47 Å². The molecule has 238 valence electrons. The molecule has 0 saturated carbocycles. The third-order valence-electron chi connectivity index (χ3n) is 8.24. The van der Waals surface area contributed by atoms with E-state index in [1.165, 1.54) is 0 Å². The number of rotatable bonds is 12. The SMILES string of the molecule is CCCCCc1c(Cc2ccc(-c3ccccc3-c3nn[nH]n3)cc2)c(=O)n2n1CCCC2CC(=O)OCOC(=O)C(C)(C)C. The third-order valence-corrected chi connectivity index (χ3v) is 8.24. The second-order valence-electron chi connectivity index (χ2n) is 12.6. The zero-order chi connectivity index (χ0) is 32.0. The first kappa shape index (κ1) is 31.9. The van der Waals surface area contributed by atoms with Gasteiger partial charge < -0.3 is 9.47 Å². The number of hydrogen-bond acceptors (Lipinski definition) is 8. The lowest BCUT2D eigenvalue weighted by molar-refractivity contribution is -0.173. The molecule has 0 aliphatic carbocycles. The van der Waals surface area contributed by atoms with Gasteiger partial charge in [-0.3, -0.25) is 19.1 Å². The van der Waals surface area contributed by atoms with Crippen LogP contribution in [0.1, 0.15) is 89.1 Å². The lowest BCUT2D eigenvalue weighted by Crippen LogP contribution is -2.34. The van der Waals surface area contributed by atoms with Crippen LogP contribution in [0.3, 0.4) is 0 Å². The number of tetrazole rings is 1. The molecule has 0 amide bonds. The fourth-order valence-corrected chi connectivity index (χ4v) is 5.88. The molecule has 11 heteroatoms. The summed E-state index contributed by atoms with van der Waals surface area (Å²) in [5.41, 5.74) is 5.02. The minimum atomic E-state index is -0.686. The van der Waals surface area contributed by atoms with Crippen molar-refractivity contribution in [1.29, 1.82) is 0 Å². The number of benzene rings is 2. The van der Waals surface area contributed by atoms with Crippen LogP contribution < -0.4 is 5.56 Å². The normalized spacial score (nSPS) is 14.6. The first-order valence-corrected chi connectivity index (χ1v) is 15.8. The molecule has 0 spiro atoms. The Morgan fingerprint density at radius 3 is 2.47 bits per heavy atom. The van der Waals surface area contributed by atoms with Gasteiger partial charge in [-0.25, -0.2) is 4.68 Å². The molecule has 1 aliphatic heterocycles. The lowest BCUT2D eigenvalue weighted by atomic mass is 9.96. The van der Waals surface area contributed by atoms with Crippen molar-refractivity contribution in [1.82, 2.24) is 30.0 Å². The Kier molecular flexibility index (Phi) is 9.95. The first-order chi connectivity index (χ1) is 21.7. The van der Waals surface area contributed by atoms with Gasteiger partial charge >= 0.3 is 11.9 Å². The Morgan fingerprint density at radius 1 is 1.02 bits per heavy atom. The van der Waals surface area contributed by atoms with Gasteiger partial charge in [-0.2, -0.15) is 5.21 Å². The second-order valence-corrected chi connectivity index (χ2v) is 12.6. The van der Waals surface area contributed by atoms with Crippen LogP contribution in [0.4, 0.5) is 0 Å². The summed E-state index contributed by atoms with van der Waals surface area (Å²) in [6.45, 7) is 7.68. The Bertz CT molecular complexity index is 1660. The summed E-state index contributed by atoms with van der Waals surface area (Å²) in [5.74, 6) is -0.402. The van der Waals surface area contributed by atoms with Gasteiger partial charge in [0.25, 0.3) is 5.56 Å². The number of nitrogens with zero attached hydrogens (tertiary/aromatic N) is 5. The maximum Gasteiger partial charge on any atom is 0.314 e.